The Morgan fingerprint density at radius 1 is 1.17 bits per heavy atom. The van der Waals surface area contributed by atoms with Gasteiger partial charge >= 0.3 is 0 Å². The molecule has 2 aliphatic rings. The summed E-state index contributed by atoms with van der Waals surface area (Å²) in [5.41, 5.74) is 3.69. The zero-order valence-electron chi connectivity index (χ0n) is 20.7. The van der Waals surface area contributed by atoms with Crippen LogP contribution in [0.25, 0.3) is 11.0 Å². The largest absolute Gasteiger partial charge is 0.395 e. The standard InChI is InChI=1S/C28H30ClN5O2/c1-33(27-22(16-30)28(35)34(2)23-14-15-24(29)31-26(23)27)21-12-10-20(11-13-21)25(19-6-4-3-5-7-19)32-36-17-18-8-9-18/h3-7,14-15,18,20-21H,8-13,17H2,1-2H3/b32-25+. The molecule has 0 radical (unpaired) electrons. The van der Waals surface area contributed by atoms with Gasteiger partial charge in [0.2, 0.25) is 0 Å². The Morgan fingerprint density at radius 3 is 2.56 bits per heavy atom. The number of oxime groups is 1. The number of benzene rings is 1. The van der Waals surface area contributed by atoms with E-state index in [2.05, 4.69) is 33.2 Å². The molecule has 5 rings (SSSR count). The predicted molar refractivity (Wildman–Crippen MR) is 143 cm³/mol. The molecule has 2 fully saturated rings. The molecule has 1 aromatic carbocycles. The third kappa shape index (κ3) is 4.83. The number of nitriles is 1. The van der Waals surface area contributed by atoms with Crippen molar-refractivity contribution in [2.45, 2.75) is 44.6 Å². The fourth-order valence-electron chi connectivity index (χ4n) is 5.20. The summed E-state index contributed by atoms with van der Waals surface area (Å²) >= 11 is 6.22. The second-order valence-electron chi connectivity index (χ2n) is 9.90. The number of fused-ring (bicyclic) bond motifs is 1. The molecule has 186 valence electrons. The Kier molecular flexibility index (Phi) is 6.97. The van der Waals surface area contributed by atoms with Crippen molar-refractivity contribution in [2.24, 2.45) is 24.0 Å². The van der Waals surface area contributed by atoms with Crippen LogP contribution >= 0.6 is 11.6 Å². The van der Waals surface area contributed by atoms with Crippen LogP contribution in [0.1, 0.15) is 49.7 Å². The highest BCUT2D eigenvalue weighted by molar-refractivity contribution is 6.29. The summed E-state index contributed by atoms with van der Waals surface area (Å²) in [6, 6.07) is 16.0. The van der Waals surface area contributed by atoms with E-state index in [1.165, 1.54) is 17.4 Å². The summed E-state index contributed by atoms with van der Waals surface area (Å²) in [5.74, 6) is 0.944. The average molecular weight is 504 g/mol. The van der Waals surface area contributed by atoms with Crippen LogP contribution in [0.15, 0.2) is 52.4 Å². The Hall–Kier alpha value is -3.37. The highest BCUT2D eigenvalue weighted by Gasteiger charge is 2.31. The molecule has 0 amide bonds. The van der Waals surface area contributed by atoms with Gasteiger partial charge in [-0.3, -0.25) is 4.79 Å². The minimum atomic E-state index is -0.323. The molecular formula is C28H30ClN5O2. The number of aryl methyl sites for hydroxylation is 1. The first-order valence-electron chi connectivity index (χ1n) is 12.6. The van der Waals surface area contributed by atoms with E-state index >= 15 is 0 Å². The molecule has 3 aromatic rings. The van der Waals surface area contributed by atoms with Crippen LogP contribution in [0, 0.1) is 23.2 Å². The molecule has 0 bridgehead atoms. The number of hydrogen-bond acceptors (Lipinski definition) is 6. The number of aromatic nitrogens is 2. The van der Waals surface area contributed by atoms with Crippen molar-refractivity contribution in [3.8, 4) is 6.07 Å². The minimum Gasteiger partial charge on any atom is -0.395 e. The maximum atomic E-state index is 13.0. The quantitative estimate of drug-likeness (QED) is 0.249. The summed E-state index contributed by atoms with van der Waals surface area (Å²) < 4.78 is 1.47. The molecule has 0 spiro atoms. The first-order chi connectivity index (χ1) is 17.5. The van der Waals surface area contributed by atoms with Crippen molar-refractivity contribution in [2.75, 3.05) is 18.6 Å². The van der Waals surface area contributed by atoms with E-state index in [0.717, 1.165) is 37.0 Å². The summed E-state index contributed by atoms with van der Waals surface area (Å²) in [6.45, 7) is 0.691. The molecule has 2 aromatic heterocycles. The van der Waals surface area contributed by atoms with Gasteiger partial charge in [0.25, 0.3) is 5.56 Å². The maximum absolute atomic E-state index is 13.0. The number of pyridine rings is 2. The van der Waals surface area contributed by atoms with Gasteiger partial charge in [0.05, 0.1) is 16.9 Å². The van der Waals surface area contributed by atoms with Crippen molar-refractivity contribution < 1.29 is 4.84 Å². The second-order valence-corrected chi connectivity index (χ2v) is 10.3. The fraction of sp³-hybridized carbons (Fsp3) is 0.429. The molecule has 8 heteroatoms. The normalized spacial score (nSPS) is 20.2. The molecular weight excluding hydrogens is 474 g/mol. The van der Waals surface area contributed by atoms with Crippen molar-refractivity contribution in [3.63, 3.8) is 0 Å². The van der Waals surface area contributed by atoms with Crippen LogP contribution in [0.2, 0.25) is 5.15 Å². The van der Waals surface area contributed by atoms with Crippen LogP contribution in [-0.4, -0.2) is 35.0 Å². The van der Waals surface area contributed by atoms with E-state index in [9.17, 15) is 10.1 Å². The van der Waals surface area contributed by atoms with Crippen molar-refractivity contribution in [1.82, 2.24) is 9.55 Å². The summed E-state index contributed by atoms with van der Waals surface area (Å²) in [5, 5.41) is 14.8. The number of rotatable bonds is 7. The maximum Gasteiger partial charge on any atom is 0.270 e. The summed E-state index contributed by atoms with van der Waals surface area (Å²) in [6.07, 6.45) is 6.14. The third-order valence-corrected chi connectivity index (χ3v) is 7.73. The topological polar surface area (TPSA) is 83.5 Å². The van der Waals surface area contributed by atoms with Crippen LogP contribution in [0.3, 0.4) is 0 Å². The number of hydrogen-bond donors (Lipinski definition) is 0. The van der Waals surface area contributed by atoms with E-state index < -0.39 is 0 Å². The third-order valence-electron chi connectivity index (χ3n) is 7.52. The van der Waals surface area contributed by atoms with Crippen LogP contribution in [-0.2, 0) is 11.9 Å². The minimum absolute atomic E-state index is 0.101. The van der Waals surface area contributed by atoms with Gasteiger partial charge in [-0.25, -0.2) is 4.98 Å². The van der Waals surface area contributed by atoms with Gasteiger partial charge in [-0.05, 0) is 62.1 Å². The molecule has 36 heavy (non-hydrogen) atoms. The van der Waals surface area contributed by atoms with E-state index in [1.807, 2.05) is 25.2 Å². The number of nitrogens with zero attached hydrogens (tertiary/aromatic N) is 5. The lowest BCUT2D eigenvalue weighted by Crippen LogP contribution is -2.38. The Bertz CT molecular complexity index is 1380. The van der Waals surface area contributed by atoms with Crippen molar-refractivity contribution in [3.05, 3.63) is 69.1 Å². The Labute approximate surface area is 215 Å². The first kappa shape index (κ1) is 24.3. The van der Waals surface area contributed by atoms with Gasteiger partial charge in [0.15, 0.2) is 0 Å². The lowest BCUT2D eigenvalue weighted by Gasteiger charge is -2.37. The summed E-state index contributed by atoms with van der Waals surface area (Å²) in [4.78, 5) is 25.3. The first-order valence-corrected chi connectivity index (χ1v) is 12.9. The number of halogens is 1. The van der Waals surface area contributed by atoms with Crippen LogP contribution in [0.4, 0.5) is 5.69 Å². The molecule has 7 nitrogen and oxygen atoms in total. The molecule has 0 aliphatic heterocycles. The van der Waals surface area contributed by atoms with Gasteiger partial charge in [0.1, 0.15) is 28.9 Å². The molecule has 0 saturated heterocycles. The van der Waals surface area contributed by atoms with E-state index in [4.69, 9.17) is 16.4 Å². The zero-order valence-corrected chi connectivity index (χ0v) is 21.4. The van der Waals surface area contributed by atoms with E-state index in [0.29, 0.717) is 40.3 Å². The Morgan fingerprint density at radius 2 is 1.89 bits per heavy atom. The average Bonchev–Trinajstić information content (AvgIpc) is 3.73. The molecule has 0 N–H and O–H groups in total. The van der Waals surface area contributed by atoms with Gasteiger partial charge in [-0.15, -0.1) is 0 Å². The Balaban J connectivity index is 1.40. The smallest absolute Gasteiger partial charge is 0.270 e. The van der Waals surface area contributed by atoms with Gasteiger partial charge in [0, 0.05) is 26.1 Å². The summed E-state index contributed by atoms with van der Waals surface area (Å²) in [7, 11) is 3.61. The van der Waals surface area contributed by atoms with Crippen molar-refractivity contribution in [1.29, 1.82) is 5.26 Å². The predicted octanol–water partition coefficient (Wildman–Crippen LogP) is 5.28. The highest BCUT2D eigenvalue weighted by atomic mass is 35.5. The van der Waals surface area contributed by atoms with E-state index in [1.54, 1.807) is 19.2 Å². The highest BCUT2D eigenvalue weighted by Crippen LogP contribution is 2.36. The van der Waals surface area contributed by atoms with Gasteiger partial charge in [-0.1, -0.05) is 47.1 Å². The lowest BCUT2D eigenvalue weighted by molar-refractivity contribution is 0.131. The van der Waals surface area contributed by atoms with Gasteiger partial charge < -0.3 is 14.3 Å². The monoisotopic (exact) mass is 503 g/mol. The second kappa shape index (κ2) is 10.3. The lowest BCUT2D eigenvalue weighted by atomic mass is 9.80. The van der Waals surface area contributed by atoms with Crippen molar-refractivity contribution >= 4 is 34.0 Å². The van der Waals surface area contributed by atoms with E-state index in [-0.39, 0.29) is 17.2 Å². The molecule has 2 saturated carbocycles. The number of anilines is 1. The van der Waals surface area contributed by atoms with Crippen LogP contribution < -0.4 is 10.5 Å². The zero-order chi connectivity index (χ0) is 25.2. The van der Waals surface area contributed by atoms with Crippen LogP contribution in [0.5, 0.6) is 0 Å². The molecule has 2 aliphatic carbocycles. The molecule has 0 atom stereocenters. The van der Waals surface area contributed by atoms with Gasteiger partial charge in [-0.2, -0.15) is 5.26 Å². The fourth-order valence-corrected chi connectivity index (χ4v) is 5.35. The molecule has 0 unspecified atom stereocenters. The SMILES string of the molecule is CN(c1c(C#N)c(=O)n(C)c2ccc(Cl)nc12)C1CCC(/C(=N/OCC2CC2)c2ccccc2)CC1. The molecule has 2 heterocycles.